The number of rotatable bonds is 3. The zero-order valence-corrected chi connectivity index (χ0v) is 11.4. The highest BCUT2D eigenvalue weighted by atomic mass is 16.4. The Kier molecular flexibility index (Phi) is 2.75. The molecule has 0 fully saturated rings. The van der Waals surface area contributed by atoms with Gasteiger partial charge in [-0.15, -0.1) is 5.10 Å². The van der Waals surface area contributed by atoms with Crippen molar-refractivity contribution in [3.63, 3.8) is 0 Å². The SMILES string of the molecule is Nc1cccc(-c2nnc(Nc3ccc4[nH]ncc4c3)o2)c1. The third-order valence-electron chi connectivity index (χ3n) is 3.25. The molecule has 0 spiro atoms. The summed E-state index contributed by atoms with van der Waals surface area (Å²) >= 11 is 0. The number of aromatic amines is 1. The summed E-state index contributed by atoms with van der Waals surface area (Å²) in [6.07, 6.45) is 1.76. The van der Waals surface area contributed by atoms with E-state index in [4.69, 9.17) is 10.2 Å². The number of nitrogen functional groups attached to an aromatic ring is 1. The zero-order chi connectivity index (χ0) is 14.9. The first kappa shape index (κ1) is 12.4. The van der Waals surface area contributed by atoms with Gasteiger partial charge >= 0.3 is 6.01 Å². The van der Waals surface area contributed by atoms with Gasteiger partial charge in [0.25, 0.3) is 0 Å². The topological polar surface area (TPSA) is 106 Å². The van der Waals surface area contributed by atoms with E-state index in [1.807, 2.05) is 30.3 Å². The Morgan fingerprint density at radius 2 is 2.05 bits per heavy atom. The predicted octanol–water partition coefficient (Wildman–Crippen LogP) is 2.94. The molecule has 0 aliphatic heterocycles. The summed E-state index contributed by atoms with van der Waals surface area (Å²) in [4.78, 5) is 0. The lowest BCUT2D eigenvalue weighted by Gasteiger charge is -2.00. The fourth-order valence-corrected chi connectivity index (χ4v) is 2.21. The van der Waals surface area contributed by atoms with E-state index in [-0.39, 0.29) is 0 Å². The number of nitrogens with one attached hydrogen (secondary N) is 2. The van der Waals surface area contributed by atoms with E-state index in [9.17, 15) is 0 Å². The van der Waals surface area contributed by atoms with Crippen molar-refractivity contribution in [2.45, 2.75) is 0 Å². The molecule has 4 rings (SSSR count). The van der Waals surface area contributed by atoms with Crippen molar-refractivity contribution >= 4 is 28.3 Å². The molecule has 0 unspecified atom stereocenters. The molecule has 0 saturated carbocycles. The van der Waals surface area contributed by atoms with Crippen LogP contribution in [0, 0.1) is 0 Å². The minimum Gasteiger partial charge on any atom is -0.403 e. The molecule has 4 aromatic rings. The molecule has 7 nitrogen and oxygen atoms in total. The van der Waals surface area contributed by atoms with Crippen LogP contribution >= 0.6 is 0 Å². The quantitative estimate of drug-likeness (QED) is 0.501. The van der Waals surface area contributed by atoms with Gasteiger partial charge in [0.05, 0.1) is 11.7 Å². The van der Waals surface area contributed by atoms with Crippen LogP contribution in [-0.4, -0.2) is 20.4 Å². The summed E-state index contributed by atoms with van der Waals surface area (Å²) < 4.78 is 5.61. The lowest BCUT2D eigenvalue weighted by Crippen LogP contribution is -1.89. The monoisotopic (exact) mass is 292 g/mol. The van der Waals surface area contributed by atoms with Gasteiger partial charge in [0.15, 0.2) is 0 Å². The number of nitrogens with two attached hydrogens (primary N) is 1. The summed E-state index contributed by atoms with van der Waals surface area (Å²) in [6, 6.07) is 13.4. The number of aromatic nitrogens is 4. The molecule has 4 N–H and O–H groups in total. The molecule has 0 aliphatic rings. The third kappa shape index (κ3) is 2.24. The van der Waals surface area contributed by atoms with Crippen molar-refractivity contribution in [2.24, 2.45) is 0 Å². The van der Waals surface area contributed by atoms with E-state index in [0.717, 1.165) is 22.2 Å². The number of hydrogen-bond donors (Lipinski definition) is 3. The standard InChI is InChI=1S/C15H12N6O/c16-11-3-1-2-9(6-11)14-20-21-15(22-14)18-12-4-5-13-10(7-12)8-17-19-13/h1-8H,16H2,(H,17,19)(H,18,21). The van der Waals surface area contributed by atoms with Crippen molar-refractivity contribution < 1.29 is 4.42 Å². The Bertz CT molecular complexity index is 942. The van der Waals surface area contributed by atoms with E-state index in [1.165, 1.54) is 0 Å². The molecule has 108 valence electrons. The van der Waals surface area contributed by atoms with Gasteiger partial charge < -0.3 is 15.5 Å². The van der Waals surface area contributed by atoms with Gasteiger partial charge in [-0.3, -0.25) is 5.10 Å². The van der Waals surface area contributed by atoms with Crippen LogP contribution in [0.25, 0.3) is 22.4 Å². The highest BCUT2D eigenvalue weighted by Crippen LogP contribution is 2.24. The Morgan fingerprint density at radius 3 is 2.95 bits per heavy atom. The summed E-state index contributed by atoms with van der Waals surface area (Å²) in [6.45, 7) is 0. The minimum absolute atomic E-state index is 0.320. The van der Waals surface area contributed by atoms with Crippen molar-refractivity contribution in [1.29, 1.82) is 0 Å². The van der Waals surface area contributed by atoms with Crippen molar-refractivity contribution in [3.05, 3.63) is 48.7 Å². The largest absolute Gasteiger partial charge is 0.403 e. The molecule has 2 heterocycles. The molecule has 22 heavy (non-hydrogen) atoms. The summed E-state index contributed by atoms with van der Waals surface area (Å²) in [5, 5.41) is 19.0. The van der Waals surface area contributed by atoms with Crippen LogP contribution in [0.5, 0.6) is 0 Å². The second-order valence-corrected chi connectivity index (χ2v) is 4.83. The lowest BCUT2D eigenvalue weighted by molar-refractivity contribution is 0.587. The van der Waals surface area contributed by atoms with Gasteiger partial charge in [-0.1, -0.05) is 11.2 Å². The average Bonchev–Trinajstić information content (AvgIpc) is 3.16. The summed E-state index contributed by atoms with van der Waals surface area (Å²) in [5.74, 6) is 0.416. The van der Waals surface area contributed by atoms with Crippen LogP contribution in [0.1, 0.15) is 0 Å². The Hall–Kier alpha value is -3.35. The fraction of sp³-hybridized carbons (Fsp3) is 0. The molecule has 7 heteroatoms. The number of nitrogens with zero attached hydrogens (tertiary/aromatic N) is 3. The van der Waals surface area contributed by atoms with Crippen LogP contribution in [0.2, 0.25) is 0 Å². The van der Waals surface area contributed by atoms with Crippen LogP contribution in [0.15, 0.2) is 53.1 Å². The van der Waals surface area contributed by atoms with Crippen molar-refractivity contribution in [1.82, 2.24) is 20.4 Å². The first-order chi connectivity index (χ1) is 10.8. The molecular weight excluding hydrogens is 280 g/mol. The lowest BCUT2D eigenvalue weighted by atomic mass is 10.2. The van der Waals surface area contributed by atoms with Crippen LogP contribution in [0.3, 0.4) is 0 Å². The first-order valence-electron chi connectivity index (χ1n) is 6.67. The zero-order valence-electron chi connectivity index (χ0n) is 11.4. The van der Waals surface area contributed by atoms with E-state index >= 15 is 0 Å². The molecule has 0 bridgehead atoms. The molecule has 0 radical (unpaired) electrons. The van der Waals surface area contributed by atoms with Gasteiger partial charge in [-0.2, -0.15) is 5.10 Å². The number of anilines is 3. The van der Waals surface area contributed by atoms with Gasteiger partial charge in [0, 0.05) is 22.3 Å². The first-order valence-corrected chi connectivity index (χ1v) is 6.67. The molecule has 0 atom stereocenters. The molecular formula is C15H12N6O. The number of benzene rings is 2. The number of hydrogen-bond acceptors (Lipinski definition) is 6. The number of H-pyrrole nitrogens is 1. The van der Waals surface area contributed by atoms with Gasteiger partial charge in [0.2, 0.25) is 5.89 Å². The Morgan fingerprint density at radius 1 is 1.09 bits per heavy atom. The maximum atomic E-state index is 5.75. The molecule has 2 aromatic carbocycles. The second-order valence-electron chi connectivity index (χ2n) is 4.83. The van der Waals surface area contributed by atoms with E-state index in [0.29, 0.717) is 17.6 Å². The highest BCUT2D eigenvalue weighted by Gasteiger charge is 2.09. The maximum absolute atomic E-state index is 5.75. The molecule has 0 saturated heterocycles. The fourth-order valence-electron chi connectivity index (χ4n) is 2.21. The van der Waals surface area contributed by atoms with Crippen LogP contribution in [0.4, 0.5) is 17.4 Å². The van der Waals surface area contributed by atoms with Crippen molar-refractivity contribution in [3.8, 4) is 11.5 Å². The van der Waals surface area contributed by atoms with Crippen molar-refractivity contribution in [2.75, 3.05) is 11.1 Å². The summed E-state index contributed by atoms with van der Waals surface area (Å²) in [5.41, 5.74) is 9.00. The second kappa shape index (κ2) is 4.88. The smallest absolute Gasteiger partial charge is 0.320 e. The van der Waals surface area contributed by atoms with E-state index in [1.54, 1.807) is 18.3 Å². The average molecular weight is 292 g/mol. The summed E-state index contributed by atoms with van der Waals surface area (Å²) in [7, 11) is 0. The normalized spacial score (nSPS) is 10.9. The van der Waals surface area contributed by atoms with Gasteiger partial charge in [0.1, 0.15) is 0 Å². The minimum atomic E-state index is 0.320. The Labute approximate surface area is 125 Å². The molecule has 2 aromatic heterocycles. The third-order valence-corrected chi connectivity index (χ3v) is 3.25. The maximum Gasteiger partial charge on any atom is 0.320 e. The van der Waals surface area contributed by atoms with Gasteiger partial charge in [-0.25, -0.2) is 0 Å². The van der Waals surface area contributed by atoms with Crippen LogP contribution < -0.4 is 11.1 Å². The Balaban J connectivity index is 1.61. The van der Waals surface area contributed by atoms with E-state index < -0.39 is 0 Å². The molecule has 0 aliphatic carbocycles. The molecule has 0 amide bonds. The van der Waals surface area contributed by atoms with Crippen LogP contribution in [-0.2, 0) is 0 Å². The number of fused-ring (bicyclic) bond motifs is 1. The highest BCUT2D eigenvalue weighted by molar-refractivity contribution is 5.82. The van der Waals surface area contributed by atoms with E-state index in [2.05, 4.69) is 25.7 Å². The predicted molar refractivity (Wildman–Crippen MR) is 83.5 cm³/mol. The van der Waals surface area contributed by atoms with Gasteiger partial charge in [-0.05, 0) is 36.4 Å².